The number of nitrogens with zero attached hydrogens (tertiary/aromatic N) is 1. The van der Waals surface area contributed by atoms with E-state index in [1.54, 1.807) is 27.1 Å². The quantitative estimate of drug-likeness (QED) is 0.340. The number of rotatable bonds is 9. The van der Waals surface area contributed by atoms with Gasteiger partial charge >= 0.3 is 0 Å². The van der Waals surface area contributed by atoms with Gasteiger partial charge in [0.25, 0.3) is 16.8 Å². The summed E-state index contributed by atoms with van der Waals surface area (Å²) in [5, 5.41) is 16.1. The van der Waals surface area contributed by atoms with Crippen LogP contribution in [0.4, 0.5) is 17.1 Å². The van der Waals surface area contributed by atoms with Gasteiger partial charge < -0.3 is 20.6 Å². The molecule has 0 spiro atoms. The minimum absolute atomic E-state index is 0.00201. The van der Waals surface area contributed by atoms with Crippen LogP contribution in [0.25, 0.3) is 0 Å². The van der Waals surface area contributed by atoms with Crippen LogP contribution in [-0.4, -0.2) is 41.8 Å². The van der Waals surface area contributed by atoms with Crippen molar-refractivity contribution in [1.29, 1.82) is 0 Å². The fraction of sp³-hybridized carbons (Fsp3) is 0.280. The number of anilines is 3. The topological polar surface area (TPSA) is 116 Å². The number of para-hydroxylation sites is 1. The molecule has 8 heteroatoms. The second kappa shape index (κ2) is 9.68. The third-order valence-electron chi connectivity index (χ3n) is 5.56. The minimum atomic E-state index is -0.765. The average Bonchev–Trinajstić information content (AvgIpc) is 2.81. The molecule has 0 unspecified atom stereocenters. The number of nitrogens with one attached hydrogen (secondary N) is 2. The van der Waals surface area contributed by atoms with Gasteiger partial charge in [-0.25, -0.2) is 0 Å². The lowest BCUT2D eigenvalue weighted by atomic mass is 9.93. The highest BCUT2D eigenvalue weighted by Gasteiger charge is 2.26. The number of phenolic OH excluding ortho intramolecular Hbond substituents is 1. The van der Waals surface area contributed by atoms with E-state index in [4.69, 9.17) is 0 Å². The Kier molecular flexibility index (Phi) is 6.96. The van der Waals surface area contributed by atoms with Crippen molar-refractivity contribution in [3.8, 4) is 5.75 Å². The lowest BCUT2D eigenvalue weighted by Crippen LogP contribution is -2.40. The molecule has 3 N–H and O–H groups in total. The van der Waals surface area contributed by atoms with Gasteiger partial charge in [-0.2, -0.15) is 0 Å². The van der Waals surface area contributed by atoms with Crippen LogP contribution in [0.3, 0.4) is 0 Å². The van der Waals surface area contributed by atoms with Crippen molar-refractivity contribution in [2.24, 2.45) is 0 Å². The van der Waals surface area contributed by atoms with Crippen molar-refractivity contribution in [2.75, 3.05) is 24.7 Å². The van der Waals surface area contributed by atoms with Crippen LogP contribution >= 0.6 is 0 Å². The van der Waals surface area contributed by atoms with Crippen molar-refractivity contribution in [2.45, 2.75) is 32.2 Å². The first kappa shape index (κ1) is 23.7. The van der Waals surface area contributed by atoms with Crippen LogP contribution in [-0.2, 0) is 4.79 Å². The zero-order valence-electron chi connectivity index (χ0n) is 19.0. The molecule has 0 aliphatic carbocycles. The average molecular weight is 450 g/mol. The molecular formula is C25H27N3O5. The van der Waals surface area contributed by atoms with Gasteiger partial charge in [-0.15, -0.1) is 0 Å². The summed E-state index contributed by atoms with van der Waals surface area (Å²) in [7, 11) is 3.11. The molecule has 33 heavy (non-hydrogen) atoms. The van der Waals surface area contributed by atoms with E-state index >= 15 is 0 Å². The Morgan fingerprint density at radius 3 is 2.21 bits per heavy atom. The van der Waals surface area contributed by atoms with Crippen molar-refractivity contribution < 1.29 is 14.7 Å². The zero-order chi connectivity index (χ0) is 24.3. The van der Waals surface area contributed by atoms with E-state index in [1.165, 1.54) is 17.0 Å². The minimum Gasteiger partial charge on any atom is -0.505 e. The van der Waals surface area contributed by atoms with Crippen LogP contribution in [0.2, 0.25) is 0 Å². The summed E-state index contributed by atoms with van der Waals surface area (Å²) in [6.07, 6.45) is 0.270. The number of carbonyl (C=O) groups is 2. The summed E-state index contributed by atoms with van der Waals surface area (Å²) in [6, 6.07) is 13.4. The Labute approximate surface area is 191 Å². The molecule has 3 aromatic rings. The molecule has 2 atom stereocenters. The van der Waals surface area contributed by atoms with Crippen LogP contribution < -0.4 is 21.5 Å². The fourth-order valence-electron chi connectivity index (χ4n) is 3.52. The Hall–Kier alpha value is -3.94. The number of phenols is 1. The summed E-state index contributed by atoms with van der Waals surface area (Å²) in [4.78, 5) is 50.6. The van der Waals surface area contributed by atoms with E-state index in [9.17, 15) is 24.3 Å². The molecule has 172 valence electrons. The van der Waals surface area contributed by atoms with Crippen LogP contribution in [0, 0.1) is 0 Å². The van der Waals surface area contributed by atoms with Crippen molar-refractivity contribution in [1.82, 2.24) is 4.90 Å². The molecule has 3 rings (SSSR count). The number of Topliss-reactive ketones (excluding diaryl/α,β-unsaturated/α-hetero) is 1. The molecule has 1 amide bonds. The van der Waals surface area contributed by atoms with Crippen LogP contribution in [0.15, 0.2) is 58.1 Å². The van der Waals surface area contributed by atoms with E-state index in [0.717, 1.165) is 5.56 Å². The van der Waals surface area contributed by atoms with Gasteiger partial charge in [0, 0.05) is 20.5 Å². The summed E-state index contributed by atoms with van der Waals surface area (Å²) >= 11 is 0. The first-order valence-electron chi connectivity index (χ1n) is 10.6. The molecule has 8 nitrogen and oxygen atoms in total. The number of hydrogen-bond donors (Lipinski definition) is 3. The highest BCUT2D eigenvalue weighted by molar-refractivity contribution is 5.99. The molecule has 0 fully saturated rings. The van der Waals surface area contributed by atoms with E-state index < -0.39 is 22.8 Å². The van der Waals surface area contributed by atoms with Gasteiger partial charge in [-0.05, 0) is 30.5 Å². The van der Waals surface area contributed by atoms with E-state index in [0.29, 0.717) is 0 Å². The SMILES string of the molecule is C[C@@H](Nc1c(Nc2cccc(C(=O)N(C)C)c2O)c(=O)c1=O)C(=O)C[C@H](C)c1ccccc1. The summed E-state index contributed by atoms with van der Waals surface area (Å²) in [5.41, 5.74) is -0.382. The van der Waals surface area contributed by atoms with Gasteiger partial charge in [0.2, 0.25) is 0 Å². The number of hydrogen-bond acceptors (Lipinski definition) is 7. The normalized spacial score (nSPS) is 12.7. The number of ketones is 1. The Bertz CT molecular complexity index is 1240. The van der Waals surface area contributed by atoms with Crippen LogP contribution in [0.5, 0.6) is 5.75 Å². The summed E-state index contributed by atoms with van der Waals surface area (Å²) in [6.45, 7) is 3.59. The monoisotopic (exact) mass is 449 g/mol. The Morgan fingerprint density at radius 2 is 1.58 bits per heavy atom. The van der Waals surface area contributed by atoms with Gasteiger partial charge in [0.05, 0.1) is 17.3 Å². The third-order valence-corrected chi connectivity index (χ3v) is 5.56. The predicted octanol–water partition coefficient (Wildman–Crippen LogP) is 3.00. The predicted molar refractivity (Wildman–Crippen MR) is 128 cm³/mol. The third kappa shape index (κ3) is 4.95. The summed E-state index contributed by atoms with van der Waals surface area (Å²) in [5.74, 6) is -0.851. The number of benzene rings is 2. The smallest absolute Gasteiger partial charge is 0.257 e. The van der Waals surface area contributed by atoms with Crippen molar-refractivity contribution in [3.63, 3.8) is 0 Å². The number of aromatic hydroxyl groups is 1. The fourth-order valence-corrected chi connectivity index (χ4v) is 3.52. The first-order chi connectivity index (χ1) is 15.6. The largest absolute Gasteiger partial charge is 0.505 e. The lowest BCUT2D eigenvalue weighted by Gasteiger charge is -2.21. The maximum atomic E-state index is 12.7. The van der Waals surface area contributed by atoms with Gasteiger partial charge in [0.1, 0.15) is 11.4 Å². The maximum absolute atomic E-state index is 12.7. The first-order valence-corrected chi connectivity index (χ1v) is 10.6. The van der Waals surface area contributed by atoms with E-state index in [1.807, 2.05) is 37.3 Å². The molecule has 0 aliphatic rings. The molecule has 0 aliphatic heterocycles. The van der Waals surface area contributed by atoms with E-state index in [-0.39, 0.29) is 46.5 Å². The van der Waals surface area contributed by atoms with Gasteiger partial charge in [-0.1, -0.05) is 43.3 Å². The Balaban J connectivity index is 1.75. The highest BCUT2D eigenvalue weighted by Crippen LogP contribution is 2.32. The molecule has 0 bridgehead atoms. The molecule has 0 heterocycles. The molecule has 0 saturated carbocycles. The molecular weight excluding hydrogens is 422 g/mol. The van der Waals surface area contributed by atoms with Crippen molar-refractivity contribution in [3.05, 3.63) is 80.1 Å². The zero-order valence-corrected chi connectivity index (χ0v) is 19.0. The van der Waals surface area contributed by atoms with Gasteiger partial charge in [-0.3, -0.25) is 19.2 Å². The second-order valence-electron chi connectivity index (χ2n) is 8.28. The molecule has 3 aromatic carbocycles. The van der Waals surface area contributed by atoms with E-state index in [2.05, 4.69) is 10.6 Å². The maximum Gasteiger partial charge on any atom is 0.257 e. The highest BCUT2D eigenvalue weighted by atomic mass is 16.3. The standard InChI is InChI=1S/C25H27N3O5/c1-14(16-9-6-5-7-10-16)13-19(29)15(2)26-20-21(24(32)23(20)31)27-18-12-8-11-17(22(18)30)25(33)28(3)4/h5-12,14-15,26-27,30H,13H2,1-4H3/t14-,15+/m0/s1. The molecule has 0 aromatic heterocycles. The molecule has 0 radical (unpaired) electrons. The number of amides is 1. The Morgan fingerprint density at radius 1 is 0.939 bits per heavy atom. The van der Waals surface area contributed by atoms with Crippen LogP contribution in [0.1, 0.15) is 42.1 Å². The lowest BCUT2D eigenvalue weighted by molar-refractivity contribution is -0.119. The number of carbonyl (C=O) groups excluding carboxylic acids is 2. The van der Waals surface area contributed by atoms with Gasteiger partial charge in [0.15, 0.2) is 11.5 Å². The van der Waals surface area contributed by atoms with Crippen molar-refractivity contribution >= 4 is 28.8 Å². The second-order valence-corrected chi connectivity index (χ2v) is 8.28. The molecule has 0 saturated heterocycles. The summed E-state index contributed by atoms with van der Waals surface area (Å²) < 4.78 is 0.